The lowest BCUT2D eigenvalue weighted by Gasteiger charge is -2.21. The van der Waals surface area contributed by atoms with Gasteiger partial charge in [0.15, 0.2) is 0 Å². The highest BCUT2D eigenvalue weighted by Crippen LogP contribution is 2.13. The van der Waals surface area contributed by atoms with Crippen LogP contribution in [0.25, 0.3) is 0 Å². The number of hydrogen-bond donors (Lipinski definition) is 2. The first-order chi connectivity index (χ1) is 9.42. The van der Waals surface area contributed by atoms with Gasteiger partial charge in [0, 0.05) is 17.3 Å². The van der Waals surface area contributed by atoms with Crippen molar-refractivity contribution in [2.75, 3.05) is 25.0 Å². The Morgan fingerprint density at radius 3 is 2.45 bits per heavy atom. The van der Waals surface area contributed by atoms with Gasteiger partial charge in [-0.3, -0.25) is 14.5 Å². The highest BCUT2D eigenvalue weighted by Gasteiger charge is 2.17. The van der Waals surface area contributed by atoms with Crippen molar-refractivity contribution < 1.29 is 14.7 Å². The summed E-state index contributed by atoms with van der Waals surface area (Å²) in [7, 11) is 0. The molecular formula is C14H19ClN2O3. The Morgan fingerprint density at radius 2 is 1.95 bits per heavy atom. The minimum atomic E-state index is -0.860. The third-order valence-corrected chi connectivity index (χ3v) is 3.15. The lowest BCUT2D eigenvalue weighted by Crippen LogP contribution is -2.37. The number of likely N-dealkylation sites (N-methyl/N-ethyl adjacent to an activating group) is 1. The van der Waals surface area contributed by atoms with Gasteiger partial charge >= 0.3 is 5.97 Å². The van der Waals surface area contributed by atoms with Gasteiger partial charge in [0.1, 0.15) is 0 Å². The number of carbonyl (C=O) groups is 2. The molecule has 0 saturated heterocycles. The average molecular weight is 299 g/mol. The van der Waals surface area contributed by atoms with E-state index in [4.69, 9.17) is 16.7 Å². The number of benzene rings is 1. The van der Waals surface area contributed by atoms with E-state index in [2.05, 4.69) is 5.32 Å². The Kier molecular flexibility index (Phi) is 6.48. The maximum atomic E-state index is 11.9. The number of hydrogen-bond acceptors (Lipinski definition) is 3. The summed E-state index contributed by atoms with van der Waals surface area (Å²) in [6.07, 6.45) is 0. The number of carbonyl (C=O) groups excluding carboxylic acids is 1. The molecule has 1 amide bonds. The molecule has 0 aromatic heterocycles. The van der Waals surface area contributed by atoms with Crippen molar-refractivity contribution in [2.24, 2.45) is 5.92 Å². The number of halogens is 1. The number of aliphatic carboxylic acids is 1. The van der Waals surface area contributed by atoms with Crippen molar-refractivity contribution in [1.29, 1.82) is 0 Å². The second-order valence-corrected chi connectivity index (χ2v) is 5.06. The first-order valence-corrected chi connectivity index (χ1v) is 6.80. The summed E-state index contributed by atoms with van der Waals surface area (Å²) in [6.45, 7) is 4.65. The van der Waals surface area contributed by atoms with Gasteiger partial charge in [-0.25, -0.2) is 0 Å². The van der Waals surface area contributed by atoms with E-state index in [1.54, 1.807) is 36.1 Å². The third kappa shape index (κ3) is 5.59. The Hall–Kier alpha value is -1.59. The predicted octanol–water partition coefficient (Wildman–Crippen LogP) is 2.32. The average Bonchev–Trinajstić information content (AvgIpc) is 2.40. The van der Waals surface area contributed by atoms with Crippen molar-refractivity contribution in [3.63, 3.8) is 0 Å². The second kappa shape index (κ2) is 7.87. The van der Waals surface area contributed by atoms with Crippen molar-refractivity contribution in [3.8, 4) is 0 Å². The van der Waals surface area contributed by atoms with E-state index in [-0.39, 0.29) is 12.5 Å². The molecular weight excluding hydrogens is 280 g/mol. The maximum absolute atomic E-state index is 11.9. The molecule has 0 fully saturated rings. The van der Waals surface area contributed by atoms with Crippen LogP contribution in [0.2, 0.25) is 5.02 Å². The standard InChI is InChI=1S/C14H19ClN2O3/c1-3-17(8-10(2)14(19)20)9-13(18)16-12-6-4-11(15)5-7-12/h4-7,10H,3,8-9H2,1-2H3,(H,16,18)(H,19,20). The fraction of sp³-hybridized carbons (Fsp3) is 0.429. The smallest absolute Gasteiger partial charge is 0.307 e. The molecule has 1 aromatic carbocycles. The first kappa shape index (κ1) is 16.5. The highest BCUT2D eigenvalue weighted by atomic mass is 35.5. The van der Waals surface area contributed by atoms with E-state index in [0.29, 0.717) is 23.8 Å². The zero-order chi connectivity index (χ0) is 15.1. The van der Waals surface area contributed by atoms with Gasteiger partial charge in [-0.15, -0.1) is 0 Å². The molecule has 0 aliphatic heterocycles. The summed E-state index contributed by atoms with van der Waals surface area (Å²) in [5.74, 6) is -1.54. The molecule has 6 heteroatoms. The third-order valence-electron chi connectivity index (χ3n) is 2.90. The zero-order valence-corrected chi connectivity index (χ0v) is 12.4. The molecule has 0 heterocycles. The van der Waals surface area contributed by atoms with Crippen LogP contribution in [-0.2, 0) is 9.59 Å². The fourth-order valence-electron chi connectivity index (χ4n) is 1.71. The van der Waals surface area contributed by atoms with Crippen LogP contribution in [0.3, 0.4) is 0 Å². The van der Waals surface area contributed by atoms with E-state index in [0.717, 1.165) is 0 Å². The lowest BCUT2D eigenvalue weighted by molar-refractivity contribution is -0.142. The monoisotopic (exact) mass is 298 g/mol. The van der Waals surface area contributed by atoms with Crippen molar-refractivity contribution in [2.45, 2.75) is 13.8 Å². The summed E-state index contributed by atoms with van der Waals surface area (Å²) >= 11 is 5.77. The maximum Gasteiger partial charge on any atom is 0.307 e. The van der Waals surface area contributed by atoms with Crippen LogP contribution >= 0.6 is 11.6 Å². The topological polar surface area (TPSA) is 69.6 Å². The van der Waals surface area contributed by atoms with Crippen LogP contribution in [0.5, 0.6) is 0 Å². The molecule has 2 N–H and O–H groups in total. The summed E-state index contributed by atoms with van der Waals surface area (Å²) < 4.78 is 0. The Bertz CT molecular complexity index is 462. The summed E-state index contributed by atoms with van der Waals surface area (Å²) in [4.78, 5) is 24.5. The number of anilines is 1. The molecule has 20 heavy (non-hydrogen) atoms. The number of nitrogens with zero attached hydrogens (tertiary/aromatic N) is 1. The largest absolute Gasteiger partial charge is 0.481 e. The van der Waals surface area contributed by atoms with E-state index < -0.39 is 11.9 Å². The van der Waals surface area contributed by atoms with Crippen LogP contribution in [0, 0.1) is 5.92 Å². The Balaban J connectivity index is 2.50. The summed E-state index contributed by atoms with van der Waals surface area (Å²) in [6, 6.07) is 6.83. The minimum absolute atomic E-state index is 0.163. The van der Waals surface area contributed by atoms with E-state index >= 15 is 0 Å². The van der Waals surface area contributed by atoms with E-state index in [1.807, 2.05) is 6.92 Å². The Labute approximate surface area is 123 Å². The van der Waals surface area contributed by atoms with Crippen molar-refractivity contribution in [1.82, 2.24) is 4.90 Å². The van der Waals surface area contributed by atoms with Crippen LogP contribution in [0.4, 0.5) is 5.69 Å². The fourth-order valence-corrected chi connectivity index (χ4v) is 1.83. The Morgan fingerprint density at radius 1 is 1.35 bits per heavy atom. The molecule has 0 aliphatic rings. The molecule has 1 atom stereocenters. The van der Waals surface area contributed by atoms with E-state index in [1.165, 1.54) is 0 Å². The van der Waals surface area contributed by atoms with Gasteiger partial charge in [0.05, 0.1) is 12.5 Å². The number of carboxylic acid groups (broad SMARTS) is 1. The highest BCUT2D eigenvalue weighted by molar-refractivity contribution is 6.30. The molecule has 1 aromatic rings. The van der Waals surface area contributed by atoms with Gasteiger partial charge < -0.3 is 10.4 Å². The molecule has 110 valence electrons. The molecule has 1 rings (SSSR count). The van der Waals surface area contributed by atoms with Gasteiger partial charge in [-0.05, 0) is 30.8 Å². The molecule has 0 saturated carbocycles. The normalized spacial score (nSPS) is 12.2. The van der Waals surface area contributed by atoms with Crippen LogP contribution in [-0.4, -0.2) is 41.5 Å². The summed E-state index contributed by atoms with van der Waals surface area (Å²) in [5, 5.41) is 12.2. The van der Waals surface area contributed by atoms with Crippen molar-refractivity contribution in [3.05, 3.63) is 29.3 Å². The van der Waals surface area contributed by atoms with Crippen LogP contribution in [0.15, 0.2) is 24.3 Å². The molecule has 0 bridgehead atoms. The zero-order valence-electron chi connectivity index (χ0n) is 11.6. The molecule has 0 spiro atoms. The van der Waals surface area contributed by atoms with Crippen LogP contribution in [0.1, 0.15) is 13.8 Å². The quantitative estimate of drug-likeness (QED) is 0.810. The van der Waals surface area contributed by atoms with Gasteiger partial charge in [0.25, 0.3) is 0 Å². The SMILES string of the molecule is CCN(CC(=O)Nc1ccc(Cl)cc1)CC(C)C(=O)O. The predicted molar refractivity (Wildman–Crippen MR) is 79.0 cm³/mol. The molecule has 0 aliphatic carbocycles. The lowest BCUT2D eigenvalue weighted by atomic mass is 10.1. The number of nitrogens with one attached hydrogen (secondary N) is 1. The van der Waals surface area contributed by atoms with Crippen molar-refractivity contribution >= 4 is 29.2 Å². The van der Waals surface area contributed by atoms with Gasteiger partial charge in [-0.1, -0.05) is 25.4 Å². The molecule has 1 unspecified atom stereocenters. The second-order valence-electron chi connectivity index (χ2n) is 4.62. The first-order valence-electron chi connectivity index (χ1n) is 6.43. The molecule has 0 radical (unpaired) electrons. The van der Waals surface area contributed by atoms with Gasteiger partial charge in [0.2, 0.25) is 5.91 Å². The number of rotatable bonds is 7. The van der Waals surface area contributed by atoms with Gasteiger partial charge in [-0.2, -0.15) is 0 Å². The summed E-state index contributed by atoms with van der Waals surface area (Å²) in [5.41, 5.74) is 0.668. The van der Waals surface area contributed by atoms with Crippen LogP contribution < -0.4 is 5.32 Å². The molecule has 5 nitrogen and oxygen atoms in total. The number of carboxylic acids is 1. The number of amides is 1. The van der Waals surface area contributed by atoms with E-state index in [9.17, 15) is 9.59 Å². The minimum Gasteiger partial charge on any atom is -0.481 e.